The summed E-state index contributed by atoms with van der Waals surface area (Å²) in [7, 11) is 1.71. The Morgan fingerprint density at radius 3 is 2.73 bits per heavy atom. The van der Waals surface area contributed by atoms with E-state index >= 15 is 0 Å². The molecule has 0 bridgehead atoms. The van der Waals surface area contributed by atoms with E-state index in [1.54, 1.807) is 18.4 Å². The number of aromatic nitrogens is 2. The van der Waals surface area contributed by atoms with E-state index in [9.17, 15) is 4.79 Å². The maximum Gasteiger partial charge on any atom is 0.199 e. The minimum Gasteiger partial charge on any atom is -0.383 e. The minimum atomic E-state index is -0.0562. The van der Waals surface area contributed by atoms with Crippen LogP contribution in [0.3, 0.4) is 0 Å². The average Bonchev–Trinajstić information content (AvgIpc) is 2.75. The number of ketones is 1. The Hall–Kier alpha value is -1.62. The van der Waals surface area contributed by atoms with Crippen LogP contribution in [-0.4, -0.2) is 15.6 Å². The van der Waals surface area contributed by atoms with Gasteiger partial charge in [0, 0.05) is 17.5 Å². The summed E-state index contributed by atoms with van der Waals surface area (Å²) in [6.07, 6.45) is 1.51. The van der Waals surface area contributed by atoms with Crippen molar-refractivity contribution in [3.05, 3.63) is 33.6 Å². The van der Waals surface area contributed by atoms with E-state index in [1.165, 1.54) is 10.9 Å². The van der Waals surface area contributed by atoms with E-state index in [0.29, 0.717) is 16.9 Å². The van der Waals surface area contributed by atoms with Gasteiger partial charge in [-0.15, -0.1) is 11.3 Å². The fourth-order valence-corrected chi connectivity index (χ4v) is 2.08. The van der Waals surface area contributed by atoms with Crippen molar-refractivity contribution >= 4 is 22.9 Å². The first-order valence-electron chi connectivity index (χ1n) is 4.47. The Labute approximate surface area is 91.3 Å². The minimum absolute atomic E-state index is 0.0562. The van der Waals surface area contributed by atoms with Crippen molar-refractivity contribution in [2.75, 3.05) is 5.73 Å². The summed E-state index contributed by atoms with van der Waals surface area (Å²) >= 11 is 1.55. The van der Waals surface area contributed by atoms with Gasteiger partial charge in [-0.25, -0.2) is 0 Å². The number of thiophene rings is 1. The third-order valence-electron chi connectivity index (χ3n) is 2.33. The van der Waals surface area contributed by atoms with Crippen molar-refractivity contribution in [3.8, 4) is 0 Å². The summed E-state index contributed by atoms with van der Waals surface area (Å²) in [4.78, 5) is 13.0. The molecule has 2 aromatic heterocycles. The summed E-state index contributed by atoms with van der Waals surface area (Å²) in [5.74, 6) is 0.352. The zero-order valence-corrected chi connectivity index (χ0v) is 9.34. The lowest BCUT2D eigenvalue weighted by Crippen LogP contribution is -2.06. The molecule has 5 heteroatoms. The van der Waals surface area contributed by atoms with Crippen LogP contribution in [0.2, 0.25) is 0 Å². The summed E-state index contributed by atoms with van der Waals surface area (Å²) in [5, 5.41) is 5.85. The lowest BCUT2D eigenvalue weighted by molar-refractivity contribution is 0.103. The number of nitrogens with zero attached hydrogens (tertiary/aromatic N) is 2. The summed E-state index contributed by atoms with van der Waals surface area (Å²) < 4.78 is 1.49. The van der Waals surface area contributed by atoms with Gasteiger partial charge in [0.15, 0.2) is 5.78 Å². The smallest absolute Gasteiger partial charge is 0.199 e. The van der Waals surface area contributed by atoms with E-state index in [0.717, 1.165) is 4.88 Å². The number of carbonyl (C=O) groups is 1. The van der Waals surface area contributed by atoms with E-state index in [1.807, 2.05) is 18.4 Å². The molecule has 0 aromatic carbocycles. The standard InChI is InChI=1S/C10H11N3OS/c1-6-7(3-4-15-6)9(14)8-5-12-13(2)10(8)11/h3-5H,11H2,1-2H3. The molecule has 0 unspecified atom stereocenters. The van der Waals surface area contributed by atoms with Gasteiger partial charge in [0.05, 0.1) is 11.8 Å². The van der Waals surface area contributed by atoms with Gasteiger partial charge in [0.25, 0.3) is 0 Å². The molecule has 0 fully saturated rings. The number of nitrogens with two attached hydrogens (primary N) is 1. The lowest BCUT2D eigenvalue weighted by atomic mass is 10.1. The number of anilines is 1. The van der Waals surface area contributed by atoms with Crippen molar-refractivity contribution in [2.45, 2.75) is 6.92 Å². The van der Waals surface area contributed by atoms with Crippen LogP contribution in [0.15, 0.2) is 17.6 Å². The summed E-state index contributed by atoms with van der Waals surface area (Å²) in [6, 6.07) is 1.81. The van der Waals surface area contributed by atoms with E-state index in [-0.39, 0.29) is 5.78 Å². The Bertz CT molecular complexity index is 512. The molecular formula is C10H11N3OS. The summed E-state index contributed by atoms with van der Waals surface area (Å²) in [5.41, 5.74) is 6.92. The molecule has 78 valence electrons. The average molecular weight is 221 g/mol. The highest BCUT2D eigenvalue weighted by Gasteiger charge is 2.17. The maximum absolute atomic E-state index is 12.0. The van der Waals surface area contributed by atoms with Gasteiger partial charge in [-0.1, -0.05) is 0 Å². The second kappa shape index (κ2) is 3.51. The molecule has 0 saturated heterocycles. The van der Waals surface area contributed by atoms with Crippen LogP contribution in [0.5, 0.6) is 0 Å². The van der Waals surface area contributed by atoms with Crippen LogP contribution in [0.25, 0.3) is 0 Å². The number of aryl methyl sites for hydroxylation is 2. The molecule has 0 aliphatic heterocycles. The highest BCUT2D eigenvalue weighted by atomic mass is 32.1. The van der Waals surface area contributed by atoms with Crippen molar-refractivity contribution in [2.24, 2.45) is 7.05 Å². The SMILES string of the molecule is Cc1sccc1C(=O)c1cnn(C)c1N. The third-order valence-corrected chi connectivity index (χ3v) is 3.18. The molecule has 0 aliphatic carbocycles. The van der Waals surface area contributed by atoms with Crippen LogP contribution < -0.4 is 5.73 Å². The zero-order valence-electron chi connectivity index (χ0n) is 8.52. The highest BCUT2D eigenvalue weighted by Crippen LogP contribution is 2.21. The first kappa shape index (κ1) is 9.92. The second-order valence-electron chi connectivity index (χ2n) is 3.29. The van der Waals surface area contributed by atoms with Gasteiger partial charge in [-0.2, -0.15) is 5.10 Å². The normalized spacial score (nSPS) is 10.5. The molecule has 0 saturated carbocycles. The topological polar surface area (TPSA) is 60.9 Å². The molecule has 2 N–H and O–H groups in total. The Morgan fingerprint density at radius 1 is 1.53 bits per heavy atom. The van der Waals surface area contributed by atoms with Crippen LogP contribution in [0.1, 0.15) is 20.8 Å². The predicted molar refractivity (Wildman–Crippen MR) is 60.1 cm³/mol. The second-order valence-corrected chi connectivity index (χ2v) is 4.41. The highest BCUT2D eigenvalue weighted by molar-refractivity contribution is 7.10. The molecule has 4 nitrogen and oxygen atoms in total. The Morgan fingerprint density at radius 2 is 2.27 bits per heavy atom. The fourth-order valence-electron chi connectivity index (χ4n) is 1.39. The largest absolute Gasteiger partial charge is 0.383 e. The van der Waals surface area contributed by atoms with Gasteiger partial charge >= 0.3 is 0 Å². The van der Waals surface area contributed by atoms with Crippen LogP contribution >= 0.6 is 11.3 Å². The lowest BCUT2D eigenvalue weighted by Gasteiger charge is -1.99. The third kappa shape index (κ3) is 1.55. The van der Waals surface area contributed by atoms with Gasteiger partial charge in [-0.05, 0) is 18.4 Å². The molecular weight excluding hydrogens is 210 g/mol. The Kier molecular flexibility index (Phi) is 2.32. The first-order valence-corrected chi connectivity index (χ1v) is 5.35. The Balaban J connectivity index is 2.46. The molecule has 0 spiro atoms. The van der Waals surface area contributed by atoms with Gasteiger partial charge < -0.3 is 5.73 Å². The van der Waals surface area contributed by atoms with E-state index in [4.69, 9.17) is 5.73 Å². The number of hydrogen-bond acceptors (Lipinski definition) is 4. The number of hydrogen-bond donors (Lipinski definition) is 1. The molecule has 0 atom stereocenters. The van der Waals surface area contributed by atoms with Gasteiger partial charge in [0.1, 0.15) is 5.82 Å². The monoisotopic (exact) mass is 221 g/mol. The maximum atomic E-state index is 12.0. The molecule has 0 amide bonds. The molecule has 15 heavy (non-hydrogen) atoms. The van der Waals surface area contributed by atoms with Crippen LogP contribution in [-0.2, 0) is 7.05 Å². The molecule has 2 rings (SSSR count). The number of carbonyl (C=O) groups excluding carboxylic acids is 1. The molecule has 2 heterocycles. The van der Waals surface area contributed by atoms with Crippen molar-refractivity contribution < 1.29 is 4.79 Å². The zero-order chi connectivity index (χ0) is 11.0. The van der Waals surface area contributed by atoms with Crippen molar-refractivity contribution in [1.82, 2.24) is 9.78 Å². The molecule has 0 radical (unpaired) electrons. The van der Waals surface area contributed by atoms with Crippen LogP contribution in [0.4, 0.5) is 5.82 Å². The van der Waals surface area contributed by atoms with Crippen molar-refractivity contribution in [1.29, 1.82) is 0 Å². The first-order chi connectivity index (χ1) is 7.11. The van der Waals surface area contributed by atoms with Gasteiger partial charge in [-0.3, -0.25) is 9.48 Å². The number of rotatable bonds is 2. The van der Waals surface area contributed by atoms with Gasteiger partial charge in [0.2, 0.25) is 0 Å². The number of nitrogen functional groups attached to an aromatic ring is 1. The molecule has 2 aromatic rings. The van der Waals surface area contributed by atoms with E-state index in [2.05, 4.69) is 5.10 Å². The quantitative estimate of drug-likeness (QED) is 0.783. The fraction of sp³-hybridized carbons (Fsp3) is 0.200. The van der Waals surface area contributed by atoms with Crippen molar-refractivity contribution in [3.63, 3.8) is 0 Å². The molecule has 0 aliphatic rings. The van der Waals surface area contributed by atoms with E-state index < -0.39 is 0 Å². The van der Waals surface area contributed by atoms with Crippen LogP contribution in [0, 0.1) is 6.92 Å². The predicted octanol–water partition coefficient (Wildman–Crippen LogP) is 1.60. The summed E-state index contributed by atoms with van der Waals surface area (Å²) in [6.45, 7) is 1.92.